The molecule has 1 amide bonds. The third-order valence-corrected chi connectivity index (χ3v) is 4.81. The van der Waals surface area contributed by atoms with E-state index in [-0.39, 0.29) is 17.9 Å². The number of methoxy groups -OCH3 is 3. The van der Waals surface area contributed by atoms with Crippen LogP contribution >= 0.6 is 0 Å². The summed E-state index contributed by atoms with van der Waals surface area (Å²) in [7, 11) is 4.56. The first-order valence-corrected chi connectivity index (χ1v) is 9.48. The smallest absolute Gasteiger partial charge is 0.252 e. The summed E-state index contributed by atoms with van der Waals surface area (Å²) in [5, 5.41) is 3.11. The highest BCUT2D eigenvalue weighted by atomic mass is 16.6. The van der Waals surface area contributed by atoms with Gasteiger partial charge >= 0.3 is 0 Å². The van der Waals surface area contributed by atoms with E-state index >= 15 is 0 Å². The van der Waals surface area contributed by atoms with Crippen molar-refractivity contribution < 1.29 is 28.5 Å². The van der Waals surface area contributed by atoms with Gasteiger partial charge in [-0.05, 0) is 35.7 Å². The van der Waals surface area contributed by atoms with Crippen LogP contribution in [0.25, 0.3) is 0 Å². The topological polar surface area (TPSA) is 75.3 Å². The molecule has 1 unspecified atom stereocenters. The molecule has 7 heteroatoms. The molecule has 1 N–H and O–H groups in total. The highest BCUT2D eigenvalue weighted by molar-refractivity contribution is 5.96. The number of fused-ring (bicyclic) bond motifs is 1. The maximum Gasteiger partial charge on any atom is 0.252 e. The van der Waals surface area contributed by atoms with Crippen molar-refractivity contribution in [2.24, 2.45) is 5.92 Å². The molecule has 7 nitrogen and oxygen atoms in total. The van der Waals surface area contributed by atoms with Gasteiger partial charge in [-0.3, -0.25) is 4.79 Å². The molecule has 1 aliphatic rings. The predicted octanol–water partition coefficient (Wildman–Crippen LogP) is 3.61. The van der Waals surface area contributed by atoms with E-state index in [4.69, 9.17) is 23.7 Å². The van der Waals surface area contributed by atoms with Gasteiger partial charge in [-0.1, -0.05) is 19.9 Å². The number of ether oxygens (including phenoxy) is 5. The molecule has 0 saturated carbocycles. The highest BCUT2D eigenvalue weighted by Crippen LogP contribution is 2.39. The van der Waals surface area contributed by atoms with Gasteiger partial charge < -0.3 is 29.0 Å². The molecule has 2 aromatic rings. The van der Waals surface area contributed by atoms with Crippen LogP contribution in [0.5, 0.6) is 28.7 Å². The molecule has 1 atom stereocenters. The number of carbonyl (C=O) groups excluding carboxylic acids is 1. The highest BCUT2D eigenvalue weighted by Gasteiger charge is 2.24. The summed E-state index contributed by atoms with van der Waals surface area (Å²) in [5.41, 5.74) is 1.37. The second-order valence-electron chi connectivity index (χ2n) is 7.01. The van der Waals surface area contributed by atoms with Crippen LogP contribution in [0.2, 0.25) is 0 Å². The largest absolute Gasteiger partial charge is 0.493 e. The van der Waals surface area contributed by atoms with Gasteiger partial charge in [0.25, 0.3) is 5.91 Å². The van der Waals surface area contributed by atoms with Crippen molar-refractivity contribution in [2.75, 3.05) is 34.5 Å². The number of amides is 1. The summed E-state index contributed by atoms with van der Waals surface area (Å²) >= 11 is 0. The van der Waals surface area contributed by atoms with Gasteiger partial charge in [0.1, 0.15) is 13.2 Å². The lowest BCUT2D eigenvalue weighted by Gasteiger charge is -2.25. The number of benzene rings is 2. The molecule has 3 rings (SSSR count). The minimum Gasteiger partial charge on any atom is -0.493 e. The molecular weight excluding hydrogens is 374 g/mol. The average Bonchev–Trinajstić information content (AvgIpc) is 2.75. The summed E-state index contributed by atoms with van der Waals surface area (Å²) in [6, 6.07) is 8.82. The summed E-state index contributed by atoms with van der Waals surface area (Å²) in [6.45, 7) is 5.16. The Labute approximate surface area is 170 Å². The maximum absolute atomic E-state index is 13.0. The van der Waals surface area contributed by atoms with Crippen molar-refractivity contribution in [2.45, 2.75) is 19.9 Å². The van der Waals surface area contributed by atoms with Crippen molar-refractivity contribution in [3.05, 3.63) is 41.5 Å². The van der Waals surface area contributed by atoms with Crippen LogP contribution < -0.4 is 29.0 Å². The molecule has 0 fully saturated rings. The van der Waals surface area contributed by atoms with E-state index < -0.39 is 0 Å². The Morgan fingerprint density at radius 1 is 0.931 bits per heavy atom. The van der Waals surface area contributed by atoms with E-state index in [1.807, 2.05) is 18.2 Å². The van der Waals surface area contributed by atoms with Crippen LogP contribution in [0.3, 0.4) is 0 Å². The average molecular weight is 401 g/mol. The van der Waals surface area contributed by atoms with Crippen LogP contribution in [0.4, 0.5) is 0 Å². The monoisotopic (exact) mass is 401 g/mol. The number of hydrogen-bond donors (Lipinski definition) is 1. The number of rotatable bonds is 7. The number of nitrogens with one attached hydrogen (secondary N) is 1. The zero-order valence-electron chi connectivity index (χ0n) is 17.4. The van der Waals surface area contributed by atoms with Gasteiger partial charge in [0.2, 0.25) is 5.75 Å². The Balaban J connectivity index is 1.89. The van der Waals surface area contributed by atoms with Gasteiger partial charge in [0.15, 0.2) is 23.0 Å². The Morgan fingerprint density at radius 2 is 1.55 bits per heavy atom. The van der Waals surface area contributed by atoms with Crippen LogP contribution in [0.1, 0.15) is 35.8 Å². The maximum atomic E-state index is 13.0. The normalized spacial score (nSPS) is 13.6. The first-order valence-electron chi connectivity index (χ1n) is 9.48. The summed E-state index contributed by atoms with van der Waals surface area (Å²) in [5.74, 6) is 2.63. The van der Waals surface area contributed by atoms with E-state index in [9.17, 15) is 4.79 Å². The van der Waals surface area contributed by atoms with E-state index in [1.54, 1.807) is 12.1 Å². The SMILES string of the molecule is COc1cc(C(=O)NC(c2ccc3c(c2)OCCO3)C(C)C)cc(OC)c1OC. The van der Waals surface area contributed by atoms with Crippen LogP contribution in [0, 0.1) is 5.92 Å². The molecule has 0 radical (unpaired) electrons. The molecule has 1 heterocycles. The fourth-order valence-corrected chi connectivity index (χ4v) is 3.33. The molecular formula is C22H27NO6. The minimum atomic E-state index is -0.238. The molecule has 0 saturated heterocycles. The van der Waals surface area contributed by atoms with Gasteiger partial charge in [-0.25, -0.2) is 0 Å². The van der Waals surface area contributed by atoms with Crippen LogP contribution in [-0.4, -0.2) is 40.5 Å². The summed E-state index contributed by atoms with van der Waals surface area (Å²) in [6.07, 6.45) is 0. The Bertz CT molecular complexity index is 855. The number of hydrogen-bond acceptors (Lipinski definition) is 6. The van der Waals surface area contributed by atoms with E-state index in [2.05, 4.69) is 19.2 Å². The van der Waals surface area contributed by atoms with Gasteiger partial charge in [-0.2, -0.15) is 0 Å². The molecule has 0 aromatic heterocycles. The lowest BCUT2D eigenvalue weighted by atomic mass is 9.95. The standard InChI is InChI=1S/C22H27NO6/c1-13(2)20(14-6-7-16-17(10-14)29-9-8-28-16)23-22(24)15-11-18(25-3)21(27-5)19(12-15)26-4/h6-7,10-13,20H,8-9H2,1-5H3,(H,23,24). The Hall–Kier alpha value is -3.09. The number of carbonyl (C=O) groups is 1. The van der Waals surface area contributed by atoms with Crippen molar-refractivity contribution in [1.82, 2.24) is 5.32 Å². The molecule has 1 aliphatic heterocycles. The third kappa shape index (κ3) is 4.34. The van der Waals surface area contributed by atoms with Crippen molar-refractivity contribution in [3.8, 4) is 28.7 Å². The lowest BCUT2D eigenvalue weighted by molar-refractivity contribution is 0.0924. The summed E-state index contributed by atoms with van der Waals surface area (Å²) in [4.78, 5) is 13.0. The minimum absolute atomic E-state index is 0.156. The quantitative estimate of drug-likeness (QED) is 0.764. The molecule has 0 aliphatic carbocycles. The first kappa shape index (κ1) is 20.6. The Kier molecular flexibility index (Phi) is 6.36. The molecule has 29 heavy (non-hydrogen) atoms. The zero-order valence-corrected chi connectivity index (χ0v) is 17.4. The van der Waals surface area contributed by atoms with E-state index in [0.717, 1.165) is 11.3 Å². The fourth-order valence-electron chi connectivity index (χ4n) is 3.33. The van der Waals surface area contributed by atoms with Gasteiger partial charge in [0.05, 0.1) is 27.4 Å². The van der Waals surface area contributed by atoms with E-state index in [1.165, 1.54) is 21.3 Å². The third-order valence-electron chi connectivity index (χ3n) is 4.81. The zero-order chi connectivity index (χ0) is 21.0. The lowest BCUT2D eigenvalue weighted by Crippen LogP contribution is -2.32. The summed E-state index contributed by atoms with van der Waals surface area (Å²) < 4.78 is 27.3. The second kappa shape index (κ2) is 8.94. The molecule has 156 valence electrons. The van der Waals surface area contributed by atoms with Crippen molar-refractivity contribution in [3.63, 3.8) is 0 Å². The van der Waals surface area contributed by atoms with Crippen LogP contribution in [-0.2, 0) is 0 Å². The fraction of sp³-hybridized carbons (Fsp3) is 0.409. The van der Waals surface area contributed by atoms with Crippen LogP contribution in [0.15, 0.2) is 30.3 Å². The van der Waals surface area contributed by atoms with Gasteiger partial charge in [-0.15, -0.1) is 0 Å². The molecule has 0 bridgehead atoms. The van der Waals surface area contributed by atoms with E-state index in [0.29, 0.717) is 41.8 Å². The van der Waals surface area contributed by atoms with Gasteiger partial charge in [0, 0.05) is 5.56 Å². The first-order chi connectivity index (χ1) is 14.0. The van der Waals surface area contributed by atoms with Crippen molar-refractivity contribution >= 4 is 5.91 Å². The van der Waals surface area contributed by atoms with Crippen molar-refractivity contribution in [1.29, 1.82) is 0 Å². The second-order valence-corrected chi connectivity index (χ2v) is 7.01. The molecule has 0 spiro atoms. The predicted molar refractivity (Wildman–Crippen MR) is 109 cm³/mol. The Morgan fingerprint density at radius 3 is 2.10 bits per heavy atom. The molecule has 2 aromatic carbocycles.